The molecule has 0 radical (unpaired) electrons. The molecule has 82 valence electrons. The highest BCUT2D eigenvalue weighted by molar-refractivity contribution is 7.09. The molecule has 4 nitrogen and oxygen atoms in total. The predicted molar refractivity (Wildman–Crippen MR) is 59.7 cm³/mol. The van der Waals surface area contributed by atoms with Gasteiger partial charge in [0.25, 0.3) is 5.91 Å². The van der Waals surface area contributed by atoms with Crippen LogP contribution in [-0.2, 0) is 6.54 Å². The van der Waals surface area contributed by atoms with Crippen molar-refractivity contribution in [3.8, 4) is 0 Å². The average Bonchev–Trinajstić information content (AvgIpc) is 2.63. The zero-order valence-corrected chi connectivity index (χ0v) is 9.56. The van der Waals surface area contributed by atoms with E-state index in [1.54, 1.807) is 5.38 Å². The lowest BCUT2D eigenvalue weighted by molar-refractivity contribution is 0.0846. The van der Waals surface area contributed by atoms with Crippen LogP contribution in [-0.4, -0.2) is 16.4 Å². The molecule has 3 N–H and O–H groups in total. The highest BCUT2D eigenvalue weighted by Gasteiger charge is 2.33. The van der Waals surface area contributed by atoms with E-state index in [2.05, 4.69) is 17.2 Å². The first-order valence-electron chi connectivity index (χ1n) is 5.10. The maximum atomic E-state index is 11.8. The first-order valence-corrected chi connectivity index (χ1v) is 5.98. The Kier molecular flexibility index (Phi) is 2.75. The number of nitrogens with one attached hydrogen (secondary N) is 1. The Bertz CT molecular complexity index is 370. The van der Waals surface area contributed by atoms with Gasteiger partial charge in [0.15, 0.2) is 0 Å². The third-order valence-electron chi connectivity index (χ3n) is 2.83. The first-order chi connectivity index (χ1) is 7.13. The van der Waals surface area contributed by atoms with Crippen LogP contribution in [0.2, 0.25) is 0 Å². The Hall–Kier alpha value is -0.940. The number of nitrogens with two attached hydrogens (primary N) is 1. The van der Waals surface area contributed by atoms with Crippen LogP contribution in [0.1, 0.15) is 41.7 Å². The molecule has 1 amide bonds. The average molecular weight is 225 g/mol. The molecular weight excluding hydrogens is 210 g/mol. The van der Waals surface area contributed by atoms with E-state index in [1.165, 1.54) is 17.8 Å². The first kappa shape index (κ1) is 10.6. The van der Waals surface area contributed by atoms with E-state index in [4.69, 9.17) is 5.73 Å². The number of rotatable bonds is 3. The molecule has 1 aliphatic carbocycles. The molecule has 0 atom stereocenters. The normalized spacial score (nSPS) is 18.3. The van der Waals surface area contributed by atoms with Crippen molar-refractivity contribution in [1.29, 1.82) is 0 Å². The third kappa shape index (κ3) is 2.18. The predicted octanol–water partition coefficient (Wildman–Crippen LogP) is 1.27. The van der Waals surface area contributed by atoms with Gasteiger partial charge in [-0.25, -0.2) is 4.98 Å². The largest absolute Gasteiger partial charge is 0.346 e. The lowest BCUT2D eigenvalue weighted by Gasteiger charge is -2.38. The quantitative estimate of drug-likeness (QED) is 0.814. The van der Waals surface area contributed by atoms with Crippen LogP contribution in [0.25, 0.3) is 0 Å². The number of nitrogens with zero attached hydrogens (tertiary/aromatic N) is 1. The summed E-state index contributed by atoms with van der Waals surface area (Å²) in [6.45, 7) is 2.47. The van der Waals surface area contributed by atoms with E-state index >= 15 is 0 Å². The molecule has 0 aromatic carbocycles. The van der Waals surface area contributed by atoms with Gasteiger partial charge in [0, 0.05) is 17.5 Å². The maximum Gasteiger partial charge on any atom is 0.271 e. The monoisotopic (exact) mass is 225 g/mol. The molecule has 0 unspecified atom stereocenters. The number of amides is 1. The Morgan fingerprint density at radius 3 is 2.93 bits per heavy atom. The van der Waals surface area contributed by atoms with Gasteiger partial charge in [0.2, 0.25) is 0 Å². The van der Waals surface area contributed by atoms with Gasteiger partial charge in [0.05, 0.1) is 0 Å². The number of thiazole rings is 1. The van der Waals surface area contributed by atoms with Crippen molar-refractivity contribution in [2.24, 2.45) is 5.73 Å². The topological polar surface area (TPSA) is 68.0 Å². The highest BCUT2D eigenvalue weighted by Crippen LogP contribution is 2.31. The lowest BCUT2D eigenvalue weighted by atomic mass is 9.78. The van der Waals surface area contributed by atoms with Crippen LogP contribution in [0.3, 0.4) is 0 Å². The minimum atomic E-state index is -0.0758. The molecule has 5 heteroatoms. The van der Waals surface area contributed by atoms with Gasteiger partial charge < -0.3 is 11.1 Å². The Balaban J connectivity index is 2.01. The van der Waals surface area contributed by atoms with E-state index in [9.17, 15) is 4.79 Å². The second kappa shape index (κ2) is 3.90. The number of hydrogen-bond acceptors (Lipinski definition) is 4. The summed E-state index contributed by atoms with van der Waals surface area (Å²) in [6, 6.07) is 0. The summed E-state index contributed by atoms with van der Waals surface area (Å²) in [5.41, 5.74) is 5.93. The molecule has 0 bridgehead atoms. The van der Waals surface area contributed by atoms with Gasteiger partial charge in [0.1, 0.15) is 10.7 Å². The lowest BCUT2D eigenvalue weighted by Crippen LogP contribution is -2.51. The summed E-state index contributed by atoms with van der Waals surface area (Å²) >= 11 is 1.43. The summed E-state index contributed by atoms with van der Waals surface area (Å²) in [5, 5.41) is 5.58. The van der Waals surface area contributed by atoms with Crippen LogP contribution in [0.4, 0.5) is 0 Å². The molecule has 1 aromatic heterocycles. The Morgan fingerprint density at radius 2 is 2.47 bits per heavy atom. The standard InChI is InChI=1S/C10H15N3OS/c1-10(3-2-4-10)13-9(14)7-6-15-8(5-11)12-7/h6H,2-5,11H2,1H3,(H,13,14). The molecule has 0 saturated heterocycles. The van der Waals surface area contributed by atoms with Crippen LogP contribution >= 0.6 is 11.3 Å². The summed E-state index contributed by atoms with van der Waals surface area (Å²) in [7, 11) is 0. The second-order valence-corrected chi connectivity index (χ2v) is 5.14. The maximum absolute atomic E-state index is 11.8. The number of aromatic nitrogens is 1. The smallest absolute Gasteiger partial charge is 0.271 e. The summed E-state index contributed by atoms with van der Waals surface area (Å²) < 4.78 is 0. The molecule has 1 aliphatic rings. The van der Waals surface area contributed by atoms with Crippen LogP contribution in [0, 0.1) is 0 Å². The highest BCUT2D eigenvalue weighted by atomic mass is 32.1. The second-order valence-electron chi connectivity index (χ2n) is 4.20. The molecule has 0 spiro atoms. The fourth-order valence-electron chi connectivity index (χ4n) is 1.68. The zero-order valence-electron chi connectivity index (χ0n) is 8.75. The fourth-order valence-corrected chi connectivity index (χ4v) is 2.33. The summed E-state index contributed by atoms with van der Waals surface area (Å²) in [6.07, 6.45) is 3.32. The summed E-state index contributed by atoms with van der Waals surface area (Å²) in [5.74, 6) is -0.0758. The molecule has 1 aromatic rings. The molecular formula is C10H15N3OS. The van der Waals surface area contributed by atoms with E-state index in [1.807, 2.05) is 0 Å². The third-order valence-corrected chi connectivity index (χ3v) is 3.70. The molecule has 2 rings (SSSR count). The van der Waals surface area contributed by atoms with Crippen molar-refractivity contribution in [1.82, 2.24) is 10.3 Å². The van der Waals surface area contributed by atoms with E-state index < -0.39 is 0 Å². The molecule has 1 heterocycles. The van der Waals surface area contributed by atoms with Crippen molar-refractivity contribution >= 4 is 17.2 Å². The van der Waals surface area contributed by atoms with Crippen molar-refractivity contribution < 1.29 is 4.79 Å². The van der Waals surface area contributed by atoms with E-state index in [-0.39, 0.29) is 11.4 Å². The van der Waals surface area contributed by atoms with Gasteiger partial charge in [-0.3, -0.25) is 4.79 Å². The van der Waals surface area contributed by atoms with Crippen molar-refractivity contribution in [2.45, 2.75) is 38.3 Å². The molecule has 0 aliphatic heterocycles. The van der Waals surface area contributed by atoms with Gasteiger partial charge >= 0.3 is 0 Å². The number of hydrogen-bond donors (Lipinski definition) is 2. The Labute approximate surface area is 92.9 Å². The van der Waals surface area contributed by atoms with Crippen LogP contribution < -0.4 is 11.1 Å². The van der Waals surface area contributed by atoms with E-state index in [0.717, 1.165) is 17.8 Å². The Morgan fingerprint density at radius 1 is 1.73 bits per heavy atom. The van der Waals surface area contributed by atoms with Gasteiger partial charge in [-0.05, 0) is 26.2 Å². The van der Waals surface area contributed by atoms with Crippen molar-refractivity contribution in [2.75, 3.05) is 0 Å². The SMILES string of the molecule is CC1(NC(=O)c2csc(CN)n2)CCC1. The van der Waals surface area contributed by atoms with Gasteiger partial charge in [-0.1, -0.05) is 0 Å². The fraction of sp³-hybridized carbons (Fsp3) is 0.600. The molecule has 15 heavy (non-hydrogen) atoms. The molecule has 1 fully saturated rings. The minimum Gasteiger partial charge on any atom is -0.346 e. The van der Waals surface area contributed by atoms with Crippen molar-refractivity contribution in [3.63, 3.8) is 0 Å². The van der Waals surface area contributed by atoms with Crippen LogP contribution in [0.15, 0.2) is 5.38 Å². The van der Waals surface area contributed by atoms with Gasteiger partial charge in [-0.2, -0.15) is 0 Å². The van der Waals surface area contributed by atoms with Crippen molar-refractivity contribution in [3.05, 3.63) is 16.1 Å². The van der Waals surface area contributed by atoms with Crippen LogP contribution in [0.5, 0.6) is 0 Å². The van der Waals surface area contributed by atoms with E-state index in [0.29, 0.717) is 12.2 Å². The molecule has 1 saturated carbocycles. The number of carbonyl (C=O) groups is 1. The zero-order chi connectivity index (χ0) is 10.9. The summed E-state index contributed by atoms with van der Waals surface area (Å²) in [4.78, 5) is 15.9. The number of carbonyl (C=O) groups excluding carboxylic acids is 1. The van der Waals surface area contributed by atoms with Gasteiger partial charge in [-0.15, -0.1) is 11.3 Å². The minimum absolute atomic E-state index is 0.0103.